The summed E-state index contributed by atoms with van der Waals surface area (Å²) in [6.45, 7) is 8.40. The van der Waals surface area contributed by atoms with Crippen molar-refractivity contribution in [3.8, 4) is 5.75 Å². The largest absolute Gasteiger partial charge is 0.508 e. The van der Waals surface area contributed by atoms with Gasteiger partial charge >= 0.3 is 0 Å². The first-order valence-corrected chi connectivity index (χ1v) is 7.55. The van der Waals surface area contributed by atoms with Crippen molar-refractivity contribution < 1.29 is 9.90 Å². The highest BCUT2D eigenvalue weighted by Crippen LogP contribution is 2.24. The number of hydrogen-bond acceptors (Lipinski definition) is 2. The summed E-state index contributed by atoms with van der Waals surface area (Å²) in [6, 6.07) is 12.8. The predicted molar refractivity (Wildman–Crippen MR) is 90.6 cm³/mol. The molecule has 0 aliphatic rings. The quantitative estimate of drug-likeness (QED) is 0.819. The molecule has 0 aromatic heterocycles. The van der Waals surface area contributed by atoms with Crippen LogP contribution in [0.3, 0.4) is 0 Å². The van der Waals surface area contributed by atoms with Gasteiger partial charge in [-0.25, -0.2) is 0 Å². The zero-order valence-corrected chi connectivity index (χ0v) is 13.6. The average Bonchev–Trinajstić information content (AvgIpc) is 2.48. The van der Waals surface area contributed by atoms with Crippen LogP contribution in [0.25, 0.3) is 0 Å². The van der Waals surface area contributed by atoms with Gasteiger partial charge in [0, 0.05) is 11.3 Å². The van der Waals surface area contributed by atoms with Gasteiger partial charge in [-0.2, -0.15) is 0 Å². The minimum absolute atomic E-state index is 0.0714. The number of anilines is 1. The number of carbonyl (C=O) groups excluding carboxylic acids is 1. The number of aryl methyl sites for hydroxylation is 1. The second kappa shape index (κ2) is 6.22. The maximum atomic E-state index is 12.3. The van der Waals surface area contributed by atoms with Gasteiger partial charge in [0.1, 0.15) is 5.75 Å². The summed E-state index contributed by atoms with van der Waals surface area (Å²) < 4.78 is 0. The van der Waals surface area contributed by atoms with Crippen LogP contribution in [0, 0.1) is 0 Å². The third-order valence-electron chi connectivity index (χ3n) is 3.73. The fourth-order valence-electron chi connectivity index (χ4n) is 2.27. The Morgan fingerprint density at radius 1 is 1.09 bits per heavy atom. The normalized spacial score (nSPS) is 11.3. The number of phenols is 1. The smallest absolute Gasteiger partial charge is 0.255 e. The van der Waals surface area contributed by atoms with Crippen LogP contribution in [0.5, 0.6) is 5.75 Å². The van der Waals surface area contributed by atoms with Crippen molar-refractivity contribution >= 4 is 11.6 Å². The van der Waals surface area contributed by atoms with Crippen LogP contribution in [-0.2, 0) is 11.8 Å². The summed E-state index contributed by atoms with van der Waals surface area (Å²) in [7, 11) is 0. The molecule has 0 unspecified atom stereocenters. The van der Waals surface area contributed by atoms with E-state index in [9.17, 15) is 9.90 Å². The van der Waals surface area contributed by atoms with Gasteiger partial charge in [-0.05, 0) is 53.3 Å². The Labute approximate surface area is 132 Å². The number of hydrogen-bond donors (Lipinski definition) is 2. The predicted octanol–water partition coefficient (Wildman–Crippen LogP) is 4.50. The lowest BCUT2D eigenvalue weighted by molar-refractivity contribution is 0.102. The Bertz CT molecular complexity index is 667. The molecule has 0 heterocycles. The Balaban J connectivity index is 2.15. The van der Waals surface area contributed by atoms with Crippen LogP contribution < -0.4 is 5.32 Å². The molecule has 1 amide bonds. The second-order valence-corrected chi connectivity index (χ2v) is 6.48. The number of nitrogens with one attached hydrogen (secondary N) is 1. The van der Waals surface area contributed by atoms with Crippen molar-refractivity contribution in [1.82, 2.24) is 0 Å². The van der Waals surface area contributed by atoms with E-state index in [-0.39, 0.29) is 17.1 Å². The highest BCUT2D eigenvalue weighted by Gasteiger charge is 2.14. The molecule has 22 heavy (non-hydrogen) atoms. The summed E-state index contributed by atoms with van der Waals surface area (Å²) in [6.07, 6.45) is 0.718. The van der Waals surface area contributed by atoms with E-state index in [1.807, 2.05) is 31.2 Å². The van der Waals surface area contributed by atoms with E-state index < -0.39 is 0 Å². The second-order valence-electron chi connectivity index (χ2n) is 6.48. The summed E-state index contributed by atoms with van der Waals surface area (Å²) in [5, 5.41) is 12.5. The van der Waals surface area contributed by atoms with E-state index >= 15 is 0 Å². The third kappa shape index (κ3) is 3.67. The van der Waals surface area contributed by atoms with E-state index in [1.165, 1.54) is 5.56 Å². The number of phenolic OH excluding ortho intramolecular Hbond substituents is 1. The van der Waals surface area contributed by atoms with Crippen molar-refractivity contribution in [2.24, 2.45) is 0 Å². The lowest BCUT2D eigenvalue weighted by Crippen LogP contribution is -2.14. The molecule has 0 spiro atoms. The summed E-state index contributed by atoms with van der Waals surface area (Å²) in [5.41, 5.74) is 3.41. The fourth-order valence-corrected chi connectivity index (χ4v) is 2.27. The lowest BCUT2D eigenvalue weighted by atomic mass is 9.87. The molecule has 0 atom stereocenters. The average molecular weight is 297 g/mol. The number of carbonyl (C=O) groups is 1. The van der Waals surface area contributed by atoms with Crippen LogP contribution >= 0.6 is 0 Å². The molecule has 0 aliphatic heterocycles. The van der Waals surface area contributed by atoms with Crippen molar-refractivity contribution in [1.29, 1.82) is 0 Å². The van der Waals surface area contributed by atoms with Gasteiger partial charge in [0.2, 0.25) is 0 Å². The van der Waals surface area contributed by atoms with E-state index in [0.29, 0.717) is 11.3 Å². The molecule has 0 fully saturated rings. The number of aromatic hydroxyl groups is 1. The first-order valence-electron chi connectivity index (χ1n) is 7.55. The Morgan fingerprint density at radius 2 is 1.73 bits per heavy atom. The van der Waals surface area contributed by atoms with Crippen LogP contribution in [-0.4, -0.2) is 11.0 Å². The van der Waals surface area contributed by atoms with E-state index in [1.54, 1.807) is 18.2 Å². The van der Waals surface area contributed by atoms with Gasteiger partial charge in [0.05, 0.1) is 0 Å². The number of rotatable bonds is 3. The van der Waals surface area contributed by atoms with Gasteiger partial charge in [-0.3, -0.25) is 4.79 Å². The summed E-state index contributed by atoms with van der Waals surface area (Å²) >= 11 is 0. The maximum absolute atomic E-state index is 12.3. The molecule has 0 saturated carbocycles. The van der Waals surface area contributed by atoms with Gasteiger partial charge in [0.25, 0.3) is 5.91 Å². The molecule has 2 aromatic carbocycles. The van der Waals surface area contributed by atoms with Crippen LogP contribution in [0.15, 0.2) is 42.5 Å². The first kappa shape index (κ1) is 16.1. The number of amides is 1. The molecular weight excluding hydrogens is 274 g/mol. The van der Waals surface area contributed by atoms with Gasteiger partial charge < -0.3 is 10.4 Å². The maximum Gasteiger partial charge on any atom is 0.255 e. The summed E-state index contributed by atoms with van der Waals surface area (Å²) in [4.78, 5) is 12.3. The van der Waals surface area contributed by atoms with Crippen LogP contribution in [0.4, 0.5) is 5.69 Å². The van der Waals surface area contributed by atoms with Crippen LogP contribution in [0.2, 0.25) is 0 Å². The summed E-state index contributed by atoms with van der Waals surface area (Å²) in [5.74, 6) is 0.114. The Kier molecular flexibility index (Phi) is 4.55. The zero-order chi connectivity index (χ0) is 16.3. The molecular formula is C19H23NO2. The fraction of sp³-hybridized carbons (Fsp3) is 0.316. The highest BCUT2D eigenvalue weighted by atomic mass is 16.3. The van der Waals surface area contributed by atoms with E-state index in [0.717, 1.165) is 12.0 Å². The Morgan fingerprint density at radius 3 is 2.27 bits per heavy atom. The van der Waals surface area contributed by atoms with Crippen molar-refractivity contribution in [2.45, 2.75) is 39.5 Å². The van der Waals surface area contributed by atoms with Crippen molar-refractivity contribution in [3.05, 3.63) is 59.2 Å². The SMILES string of the molecule is CCc1cc(NC(=O)c2ccc(C(C)(C)C)cc2)ccc1O. The highest BCUT2D eigenvalue weighted by molar-refractivity contribution is 6.04. The molecule has 2 rings (SSSR count). The molecule has 0 aliphatic carbocycles. The van der Waals surface area contributed by atoms with Gasteiger partial charge in [-0.15, -0.1) is 0 Å². The minimum Gasteiger partial charge on any atom is -0.508 e. The Hall–Kier alpha value is -2.29. The van der Waals surface area contributed by atoms with Gasteiger partial charge in [0.15, 0.2) is 0 Å². The molecule has 2 N–H and O–H groups in total. The number of benzene rings is 2. The molecule has 0 radical (unpaired) electrons. The minimum atomic E-state index is -0.145. The molecule has 3 heteroatoms. The van der Waals surface area contributed by atoms with E-state index in [2.05, 4.69) is 26.1 Å². The molecule has 0 saturated heterocycles. The molecule has 2 aromatic rings. The molecule has 116 valence electrons. The van der Waals surface area contributed by atoms with Crippen molar-refractivity contribution in [2.75, 3.05) is 5.32 Å². The van der Waals surface area contributed by atoms with Gasteiger partial charge in [-0.1, -0.05) is 39.8 Å². The topological polar surface area (TPSA) is 49.3 Å². The van der Waals surface area contributed by atoms with Crippen molar-refractivity contribution in [3.63, 3.8) is 0 Å². The van der Waals surface area contributed by atoms with E-state index in [4.69, 9.17) is 0 Å². The lowest BCUT2D eigenvalue weighted by Gasteiger charge is -2.19. The monoisotopic (exact) mass is 297 g/mol. The first-order chi connectivity index (χ1) is 10.3. The molecule has 0 bridgehead atoms. The molecule has 3 nitrogen and oxygen atoms in total. The standard InChI is InChI=1S/C19H23NO2/c1-5-13-12-16(10-11-17(13)21)20-18(22)14-6-8-15(9-7-14)19(2,3)4/h6-12,21H,5H2,1-4H3,(H,20,22). The third-order valence-corrected chi connectivity index (χ3v) is 3.73. The zero-order valence-electron chi connectivity index (χ0n) is 13.6. The van der Waals surface area contributed by atoms with Crippen LogP contribution in [0.1, 0.15) is 49.2 Å².